The Morgan fingerprint density at radius 3 is 2.93 bits per heavy atom. The molecule has 1 saturated heterocycles. The molecule has 1 unspecified atom stereocenters. The van der Waals surface area contributed by atoms with Crippen LogP contribution in [0.3, 0.4) is 0 Å². The first kappa shape index (κ1) is 18.2. The zero-order valence-corrected chi connectivity index (χ0v) is 15.6. The number of carbonyl (C=O) groups excluding carboxylic acids is 1. The Kier molecular flexibility index (Phi) is 4.87. The van der Waals surface area contributed by atoms with Gasteiger partial charge in [0, 0.05) is 29.8 Å². The summed E-state index contributed by atoms with van der Waals surface area (Å²) in [6, 6.07) is 11.4. The molecule has 8 heteroatoms. The van der Waals surface area contributed by atoms with Crippen molar-refractivity contribution in [1.82, 2.24) is 15.5 Å². The van der Waals surface area contributed by atoms with E-state index in [1.54, 1.807) is 6.82 Å². The van der Waals surface area contributed by atoms with E-state index in [4.69, 9.17) is 10.5 Å². The average molecular weight is 376 g/mol. The topological polar surface area (TPSA) is 110 Å². The summed E-state index contributed by atoms with van der Waals surface area (Å²) < 4.78 is 6.06. The van der Waals surface area contributed by atoms with Gasteiger partial charge in [-0.1, -0.05) is 25.0 Å². The third-order valence-corrected chi connectivity index (χ3v) is 5.00. The standard InChI is InChI=1S/C20H21BN4O3/c1-21(27)14-3-5-19(28-11-12-6-20(26)23-9-12)16(8-14)13-2-4-15-17(22)10-24-25-18(15)7-13/h2-5,7-8,10,12,27H,6,9,11H2,1H3,(H2,22,25)(H,23,26). The van der Waals surface area contributed by atoms with Crippen LogP contribution in [0.4, 0.5) is 5.69 Å². The molecule has 2 heterocycles. The number of rotatable bonds is 5. The molecule has 0 spiro atoms. The van der Waals surface area contributed by atoms with Crippen molar-refractivity contribution >= 4 is 34.9 Å². The predicted molar refractivity (Wildman–Crippen MR) is 109 cm³/mol. The number of fused-ring (bicyclic) bond motifs is 1. The van der Waals surface area contributed by atoms with Crippen LogP contribution < -0.4 is 21.3 Å². The number of nitrogens with zero attached hydrogens (tertiary/aromatic N) is 2. The van der Waals surface area contributed by atoms with Gasteiger partial charge in [-0.25, -0.2) is 0 Å². The summed E-state index contributed by atoms with van der Waals surface area (Å²) in [5.74, 6) is 0.906. The van der Waals surface area contributed by atoms with Gasteiger partial charge in [0.05, 0.1) is 24.0 Å². The van der Waals surface area contributed by atoms with Gasteiger partial charge in [0.25, 0.3) is 0 Å². The Morgan fingerprint density at radius 1 is 1.32 bits per heavy atom. The van der Waals surface area contributed by atoms with E-state index >= 15 is 0 Å². The maximum atomic E-state index is 11.4. The summed E-state index contributed by atoms with van der Waals surface area (Å²) in [6.45, 7) is 2.20. The van der Waals surface area contributed by atoms with Crippen LogP contribution in [0.5, 0.6) is 5.75 Å². The van der Waals surface area contributed by atoms with Gasteiger partial charge in [0.2, 0.25) is 5.91 Å². The first-order valence-electron chi connectivity index (χ1n) is 9.24. The second-order valence-corrected chi connectivity index (χ2v) is 7.15. The van der Waals surface area contributed by atoms with Crippen molar-refractivity contribution in [3.8, 4) is 16.9 Å². The fourth-order valence-electron chi connectivity index (χ4n) is 3.40. The minimum Gasteiger partial charge on any atom is -0.493 e. The van der Waals surface area contributed by atoms with Gasteiger partial charge in [-0.2, -0.15) is 10.2 Å². The van der Waals surface area contributed by atoms with Crippen LogP contribution in [0.15, 0.2) is 42.6 Å². The van der Waals surface area contributed by atoms with Crippen molar-refractivity contribution in [2.75, 3.05) is 18.9 Å². The van der Waals surface area contributed by atoms with Crippen LogP contribution in [0.1, 0.15) is 6.42 Å². The zero-order chi connectivity index (χ0) is 19.7. The molecule has 1 amide bonds. The molecule has 1 aliphatic rings. The van der Waals surface area contributed by atoms with Crippen molar-refractivity contribution < 1.29 is 14.6 Å². The molecular formula is C20H21BN4O3. The fourth-order valence-corrected chi connectivity index (χ4v) is 3.40. The molecule has 4 rings (SSSR count). The highest BCUT2D eigenvalue weighted by Gasteiger charge is 2.22. The molecule has 0 aliphatic carbocycles. The molecule has 28 heavy (non-hydrogen) atoms. The van der Waals surface area contributed by atoms with Gasteiger partial charge < -0.3 is 20.8 Å². The lowest BCUT2D eigenvalue weighted by atomic mass is 9.64. The van der Waals surface area contributed by atoms with Gasteiger partial charge in [-0.15, -0.1) is 0 Å². The lowest BCUT2D eigenvalue weighted by Gasteiger charge is -2.16. The van der Waals surface area contributed by atoms with E-state index in [1.807, 2.05) is 36.4 Å². The molecule has 2 aromatic carbocycles. The molecule has 0 bridgehead atoms. The molecule has 1 atom stereocenters. The molecular weight excluding hydrogens is 355 g/mol. The summed E-state index contributed by atoms with van der Waals surface area (Å²) in [4.78, 5) is 11.4. The van der Waals surface area contributed by atoms with E-state index < -0.39 is 6.92 Å². The number of nitrogens with two attached hydrogens (primary N) is 1. The van der Waals surface area contributed by atoms with E-state index in [0.29, 0.717) is 36.5 Å². The van der Waals surface area contributed by atoms with Gasteiger partial charge in [-0.3, -0.25) is 4.79 Å². The minimum atomic E-state index is -0.597. The third-order valence-electron chi connectivity index (χ3n) is 5.00. The van der Waals surface area contributed by atoms with Crippen LogP contribution in [0.2, 0.25) is 6.82 Å². The zero-order valence-electron chi connectivity index (χ0n) is 15.6. The van der Waals surface area contributed by atoms with E-state index in [2.05, 4.69) is 15.5 Å². The van der Waals surface area contributed by atoms with Gasteiger partial charge in [-0.05, 0) is 29.2 Å². The number of hydrogen-bond donors (Lipinski definition) is 3. The van der Waals surface area contributed by atoms with Crippen LogP contribution in [-0.4, -0.2) is 41.2 Å². The van der Waals surface area contributed by atoms with Gasteiger partial charge >= 0.3 is 6.92 Å². The first-order chi connectivity index (χ1) is 13.5. The fraction of sp³-hybridized carbons (Fsp3) is 0.250. The number of benzene rings is 2. The molecule has 7 nitrogen and oxygen atoms in total. The van der Waals surface area contributed by atoms with Gasteiger partial charge in [0.15, 0.2) is 0 Å². The predicted octanol–water partition coefficient (Wildman–Crippen LogP) is 1.21. The Bertz CT molecular complexity index is 1040. The van der Waals surface area contributed by atoms with Crippen molar-refractivity contribution in [1.29, 1.82) is 0 Å². The van der Waals surface area contributed by atoms with E-state index in [9.17, 15) is 9.82 Å². The average Bonchev–Trinajstić information content (AvgIpc) is 3.11. The molecule has 1 fully saturated rings. The highest BCUT2D eigenvalue weighted by molar-refractivity contribution is 6.64. The summed E-state index contributed by atoms with van der Waals surface area (Å²) in [6.07, 6.45) is 2.01. The minimum absolute atomic E-state index is 0.0592. The van der Waals surface area contributed by atoms with Crippen molar-refractivity contribution in [3.05, 3.63) is 42.6 Å². The Balaban J connectivity index is 1.70. The SMILES string of the molecule is CB(O)c1ccc(OCC2CNC(=O)C2)c(-c2ccc3c(N)cnnc3c2)c1. The summed E-state index contributed by atoms with van der Waals surface area (Å²) in [5.41, 5.74) is 9.77. The molecule has 0 saturated carbocycles. The van der Waals surface area contributed by atoms with Crippen LogP contribution in [-0.2, 0) is 4.79 Å². The summed E-state index contributed by atoms with van der Waals surface area (Å²) in [5, 5.41) is 21.8. The smallest absolute Gasteiger partial charge is 0.320 e. The first-order valence-corrected chi connectivity index (χ1v) is 9.24. The number of nitrogen functional groups attached to an aromatic ring is 1. The Labute approximate surface area is 163 Å². The number of nitrogens with one attached hydrogen (secondary N) is 1. The second-order valence-electron chi connectivity index (χ2n) is 7.15. The molecule has 1 aliphatic heterocycles. The van der Waals surface area contributed by atoms with Crippen LogP contribution in [0, 0.1) is 5.92 Å². The van der Waals surface area contributed by atoms with Crippen LogP contribution in [0.25, 0.3) is 22.0 Å². The number of anilines is 1. The number of aromatic nitrogens is 2. The molecule has 3 aromatic rings. The normalized spacial score (nSPS) is 16.2. The van der Waals surface area contributed by atoms with Crippen molar-refractivity contribution in [3.63, 3.8) is 0 Å². The monoisotopic (exact) mass is 376 g/mol. The van der Waals surface area contributed by atoms with E-state index in [0.717, 1.165) is 22.0 Å². The number of carbonyl (C=O) groups is 1. The Morgan fingerprint density at radius 2 is 2.18 bits per heavy atom. The highest BCUT2D eigenvalue weighted by atomic mass is 16.5. The van der Waals surface area contributed by atoms with Crippen molar-refractivity contribution in [2.45, 2.75) is 13.2 Å². The lowest BCUT2D eigenvalue weighted by molar-refractivity contribution is -0.119. The summed E-state index contributed by atoms with van der Waals surface area (Å²) >= 11 is 0. The quantitative estimate of drug-likeness (QED) is 0.578. The molecule has 4 N–H and O–H groups in total. The third kappa shape index (κ3) is 3.64. The van der Waals surface area contributed by atoms with E-state index in [1.165, 1.54) is 6.20 Å². The van der Waals surface area contributed by atoms with Crippen LogP contribution >= 0.6 is 0 Å². The maximum Gasteiger partial charge on any atom is 0.320 e. The number of ether oxygens (including phenoxy) is 1. The lowest BCUT2D eigenvalue weighted by Crippen LogP contribution is -2.26. The Hall–Kier alpha value is -3.13. The maximum absolute atomic E-state index is 11.4. The number of hydrogen-bond acceptors (Lipinski definition) is 6. The van der Waals surface area contributed by atoms with Gasteiger partial charge in [0.1, 0.15) is 5.75 Å². The summed E-state index contributed by atoms with van der Waals surface area (Å²) in [7, 11) is 0. The largest absolute Gasteiger partial charge is 0.493 e. The number of amides is 1. The molecule has 142 valence electrons. The molecule has 0 radical (unpaired) electrons. The van der Waals surface area contributed by atoms with Crippen molar-refractivity contribution in [2.24, 2.45) is 5.92 Å². The highest BCUT2D eigenvalue weighted by Crippen LogP contribution is 2.32. The molecule has 1 aromatic heterocycles. The second kappa shape index (κ2) is 7.48. The van der Waals surface area contributed by atoms with E-state index in [-0.39, 0.29) is 11.8 Å².